The molecule has 0 bridgehead atoms. The van der Waals surface area contributed by atoms with Crippen LogP contribution in [0.3, 0.4) is 0 Å². The Hall–Kier alpha value is -1.93. The number of amides is 1. The van der Waals surface area contributed by atoms with Gasteiger partial charge in [0.25, 0.3) is 5.91 Å². The van der Waals surface area contributed by atoms with E-state index < -0.39 is 28.4 Å². The van der Waals surface area contributed by atoms with Crippen LogP contribution in [-0.4, -0.2) is 60.3 Å². The molecular formula is C18H28N2O5S. The summed E-state index contributed by atoms with van der Waals surface area (Å²) in [6, 6.07) is 4.19. The van der Waals surface area contributed by atoms with Crippen LogP contribution in [0.5, 0.6) is 0 Å². The van der Waals surface area contributed by atoms with E-state index in [2.05, 4.69) is 0 Å². The van der Waals surface area contributed by atoms with Crippen molar-refractivity contribution in [2.75, 3.05) is 19.6 Å². The summed E-state index contributed by atoms with van der Waals surface area (Å²) in [5, 5.41) is 9.09. The quantitative estimate of drug-likeness (QED) is 0.705. The molecular weight excluding hydrogens is 356 g/mol. The zero-order valence-corrected chi connectivity index (χ0v) is 16.8. The molecule has 0 saturated heterocycles. The highest BCUT2D eigenvalue weighted by Crippen LogP contribution is 2.22. The van der Waals surface area contributed by atoms with Crippen molar-refractivity contribution in [3.05, 3.63) is 29.3 Å². The Morgan fingerprint density at radius 1 is 1.15 bits per heavy atom. The van der Waals surface area contributed by atoms with Crippen LogP contribution in [0.4, 0.5) is 0 Å². The smallest absolute Gasteiger partial charge is 0.323 e. The molecule has 1 N–H and O–H groups in total. The Morgan fingerprint density at radius 2 is 1.73 bits per heavy atom. The Labute approximate surface area is 155 Å². The van der Waals surface area contributed by atoms with Crippen LogP contribution in [-0.2, 0) is 14.8 Å². The van der Waals surface area contributed by atoms with Crippen molar-refractivity contribution in [2.45, 2.75) is 52.0 Å². The maximum atomic E-state index is 12.8. The molecule has 1 unspecified atom stereocenters. The van der Waals surface area contributed by atoms with Crippen LogP contribution in [0.2, 0.25) is 0 Å². The highest BCUT2D eigenvalue weighted by atomic mass is 32.2. The molecule has 0 heterocycles. The summed E-state index contributed by atoms with van der Waals surface area (Å²) >= 11 is 0. The number of rotatable bonds is 9. The van der Waals surface area contributed by atoms with Gasteiger partial charge >= 0.3 is 5.97 Å². The van der Waals surface area contributed by atoms with E-state index in [0.29, 0.717) is 25.1 Å². The summed E-state index contributed by atoms with van der Waals surface area (Å²) < 4.78 is 27.0. The molecule has 26 heavy (non-hydrogen) atoms. The fourth-order valence-electron chi connectivity index (χ4n) is 2.67. The van der Waals surface area contributed by atoms with Crippen LogP contribution >= 0.6 is 0 Å². The minimum atomic E-state index is -3.72. The first kappa shape index (κ1) is 22.1. The highest BCUT2D eigenvalue weighted by Gasteiger charge is 2.27. The van der Waals surface area contributed by atoms with Gasteiger partial charge in [-0.3, -0.25) is 9.59 Å². The van der Waals surface area contributed by atoms with Gasteiger partial charge in [0.1, 0.15) is 6.54 Å². The molecule has 0 aliphatic rings. The Balaban J connectivity index is 3.39. The molecule has 0 fully saturated rings. The van der Waals surface area contributed by atoms with Crippen LogP contribution in [0.1, 0.15) is 50.0 Å². The van der Waals surface area contributed by atoms with Gasteiger partial charge < -0.3 is 10.0 Å². The molecule has 1 aromatic rings. The first-order valence-electron chi connectivity index (χ1n) is 8.73. The number of hydrogen-bond acceptors (Lipinski definition) is 4. The summed E-state index contributed by atoms with van der Waals surface area (Å²) in [6.45, 7) is 9.03. The van der Waals surface area contributed by atoms with Gasteiger partial charge in [0, 0.05) is 24.7 Å². The number of sulfonamides is 1. The molecule has 146 valence electrons. The second kappa shape index (κ2) is 9.14. The fraction of sp³-hybridized carbons (Fsp3) is 0.556. The topological polar surface area (TPSA) is 95.0 Å². The zero-order valence-electron chi connectivity index (χ0n) is 16.0. The molecule has 0 aromatic heterocycles. The number of carboxylic acid groups (broad SMARTS) is 1. The summed E-state index contributed by atoms with van der Waals surface area (Å²) in [5.74, 6) is -1.60. The molecule has 0 saturated carbocycles. The average molecular weight is 384 g/mol. The largest absolute Gasteiger partial charge is 0.480 e. The predicted octanol–water partition coefficient (Wildman–Crippen LogP) is 2.35. The lowest BCUT2D eigenvalue weighted by Crippen LogP contribution is -2.42. The van der Waals surface area contributed by atoms with Gasteiger partial charge in [0.15, 0.2) is 0 Å². The maximum absolute atomic E-state index is 12.8. The van der Waals surface area contributed by atoms with Gasteiger partial charge in [-0.1, -0.05) is 26.8 Å². The SMILES string of the molecule is CCC(C)N(CC(=O)O)C(=O)c1ccc(C)c(S(=O)(=O)N(CC)CC)c1. The number of nitrogens with zero attached hydrogens (tertiary/aromatic N) is 2. The molecule has 0 spiro atoms. The molecule has 8 heteroatoms. The molecule has 1 rings (SSSR count). The third kappa shape index (κ3) is 4.82. The van der Waals surface area contributed by atoms with E-state index in [-0.39, 0.29) is 16.5 Å². The standard InChI is InChI=1S/C18H28N2O5S/c1-6-14(5)20(12-17(21)22)18(23)15-10-9-13(4)16(11-15)26(24,25)19(7-2)8-3/h9-11,14H,6-8,12H2,1-5H3,(H,21,22). The number of benzene rings is 1. The molecule has 1 atom stereocenters. The van der Waals surface area contributed by atoms with Crippen LogP contribution in [0, 0.1) is 6.92 Å². The second-order valence-corrected chi connectivity index (χ2v) is 8.06. The van der Waals surface area contributed by atoms with E-state index in [1.54, 1.807) is 33.8 Å². The minimum absolute atomic E-state index is 0.0754. The molecule has 1 amide bonds. The van der Waals surface area contributed by atoms with E-state index >= 15 is 0 Å². The number of carboxylic acids is 1. The van der Waals surface area contributed by atoms with Crippen molar-refractivity contribution >= 4 is 21.9 Å². The van der Waals surface area contributed by atoms with E-state index in [0.717, 1.165) is 0 Å². The van der Waals surface area contributed by atoms with Gasteiger partial charge in [-0.25, -0.2) is 8.42 Å². The zero-order chi connectivity index (χ0) is 20.1. The average Bonchev–Trinajstić information content (AvgIpc) is 2.59. The number of hydrogen-bond donors (Lipinski definition) is 1. The third-order valence-electron chi connectivity index (χ3n) is 4.45. The Bertz CT molecular complexity index is 757. The summed E-state index contributed by atoms with van der Waals surface area (Å²) in [6.07, 6.45) is 0.593. The second-order valence-electron chi connectivity index (χ2n) is 6.15. The number of carbonyl (C=O) groups is 2. The summed E-state index contributed by atoms with van der Waals surface area (Å²) in [5.41, 5.74) is 0.713. The monoisotopic (exact) mass is 384 g/mol. The number of aryl methyl sites for hydroxylation is 1. The van der Waals surface area contributed by atoms with E-state index in [4.69, 9.17) is 5.11 Å². The molecule has 0 aliphatic heterocycles. The third-order valence-corrected chi connectivity index (χ3v) is 6.64. The normalized spacial score (nSPS) is 12.8. The van der Waals surface area contributed by atoms with Crippen molar-refractivity contribution in [1.82, 2.24) is 9.21 Å². The molecule has 7 nitrogen and oxygen atoms in total. The Kier molecular flexibility index (Phi) is 7.77. The Morgan fingerprint density at radius 3 is 2.19 bits per heavy atom. The minimum Gasteiger partial charge on any atom is -0.480 e. The van der Waals surface area contributed by atoms with Gasteiger partial charge in [-0.05, 0) is 38.0 Å². The summed E-state index contributed by atoms with van der Waals surface area (Å²) in [4.78, 5) is 25.3. The molecule has 1 aromatic carbocycles. The lowest BCUT2D eigenvalue weighted by molar-refractivity contribution is -0.138. The van der Waals surface area contributed by atoms with Gasteiger partial charge in [0.05, 0.1) is 4.90 Å². The van der Waals surface area contributed by atoms with Crippen molar-refractivity contribution < 1.29 is 23.1 Å². The highest BCUT2D eigenvalue weighted by molar-refractivity contribution is 7.89. The van der Waals surface area contributed by atoms with Crippen molar-refractivity contribution in [3.8, 4) is 0 Å². The van der Waals surface area contributed by atoms with Crippen LogP contribution in [0.25, 0.3) is 0 Å². The lowest BCUT2D eigenvalue weighted by atomic mass is 10.1. The predicted molar refractivity (Wildman–Crippen MR) is 99.7 cm³/mol. The van der Waals surface area contributed by atoms with Crippen molar-refractivity contribution in [1.29, 1.82) is 0 Å². The van der Waals surface area contributed by atoms with Crippen LogP contribution < -0.4 is 0 Å². The van der Waals surface area contributed by atoms with Crippen molar-refractivity contribution in [3.63, 3.8) is 0 Å². The van der Waals surface area contributed by atoms with Gasteiger partial charge in [-0.15, -0.1) is 0 Å². The van der Waals surface area contributed by atoms with Gasteiger partial charge in [-0.2, -0.15) is 4.31 Å². The number of carbonyl (C=O) groups excluding carboxylic acids is 1. The molecule has 0 aliphatic carbocycles. The van der Waals surface area contributed by atoms with Crippen molar-refractivity contribution in [2.24, 2.45) is 0 Å². The number of aliphatic carboxylic acids is 1. The first-order chi connectivity index (χ1) is 12.1. The van der Waals surface area contributed by atoms with E-state index in [1.165, 1.54) is 21.3 Å². The maximum Gasteiger partial charge on any atom is 0.323 e. The first-order valence-corrected chi connectivity index (χ1v) is 10.2. The van der Waals surface area contributed by atoms with Gasteiger partial charge in [0.2, 0.25) is 10.0 Å². The van der Waals surface area contributed by atoms with E-state index in [9.17, 15) is 18.0 Å². The molecule has 0 radical (unpaired) electrons. The van der Waals surface area contributed by atoms with E-state index in [1.807, 2.05) is 6.92 Å². The lowest BCUT2D eigenvalue weighted by Gasteiger charge is -2.27. The fourth-order valence-corrected chi connectivity index (χ4v) is 4.38. The van der Waals surface area contributed by atoms with Crippen LogP contribution in [0.15, 0.2) is 23.1 Å². The summed E-state index contributed by atoms with van der Waals surface area (Å²) in [7, 11) is -3.72.